The fourth-order valence-corrected chi connectivity index (χ4v) is 3.28. The minimum absolute atomic E-state index is 0.256. The second kappa shape index (κ2) is 5.93. The van der Waals surface area contributed by atoms with Crippen LogP contribution in [0.15, 0.2) is 36.5 Å². The summed E-state index contributed by atoms with van der Waals surface area (Å²) in [5, 5.41) is 2.18. The van der Waals surface area contributed by atoms with Crippen LogP contribution in [0.25, 0.3) is 21.9 Å². The second-order valence-electron chi connectivity index (χ2n) is 5.66. The van der Waals surface area contributed by atoms with Gasteiger partial charge in [0.25, 0.3) is 0 Å². The molecule has 1 aromatic heterocycles. The molecule has 1 aliphatic rings. The van der Waals surface area contributed by atoms with Crippen molar-refractivity contribution in [3.05, 3.63) is 52.8 Å². The summed E-state index contributed by atoms with van der Waals surface area (Å²) >= 11 is 5.91. The first-order chi connectivity index (χ1) is 12.1. The maximum atomic E-state index is 12.3. The Morgan fingerprint density at radius 3 is 2.52 bits per heavy atom. The molecule has 2 heterocycles. The third-order valence-corrected chi connectivity index (χ3v) is 4.53. The zero-order chi connectivity index (χ0) is 17.6. The zero-order valence-electron chi connectivity index (χ0n) is 13.6. The molecule has 0 spiro atoms. The average molecular weight is 356 g/mol. The first-order valence-electron chi connectivity index (χ1n) is 7.63. The van der Waals surface area contributed by atoms with Gasteiger partial charge in [0.2, 0.25) is 0 Å². The monoisotopic (exact) mass is 355 g/mol. The normalized spacial score (nSPS) is 12.8. The van der Waals surface area contributed by atoms with E-state index in [-0.39, 0.29) is 12.6 Å². The Labute approximate surface area is 149 Å². The molecule has 4 rings (SSSR count). The molecule has 0 unspecified atom stereocenters. The third kappa shape index (κ3) is 2.48. The molecule has 25 heavy (non-hydrogen) atoms. The number of pyridine rings is 1. The highest BCUT2D eigenvalue weighted by Crippen LogP contribution is 2.42. The Hall–Kier alpha value is -2.79. The van der Waals surface area contributed by atoms with Crippen molar-refractivity contribution in [2.75, 3.05) is 14.2 Å². The minimum Gasteiger partial charge on any atom is -0.493 e. The van der Waals surface area contributed by atoms with Crippen molar-refractivity contribution in [2.24, 2.45) is 0 Å². The van der Waals surface area contributed by atoms with Crippen LogP contribution in [0, 0.1) is 0 Å². The number of nitrogens with zero attached hydrogens (tertiary/aromatic N) is 1. The van der Waals surface area contributed by atoms with Gasteiger partial charge in [0.05, 0.1) is 19.8 Å². The van der Waals surface area contributed by atoms with Gasteiger partial charge in [0.1, 0.15) is 11.8 Å². The maximum Gasteiger partial charge on any atom is 0.339 e. The average Bonchev–Trinajstić information content (AvgIpc) is 3.00. The standard InChI is InChI=1S/C19H14ClNO4/c1-23-14-6-11-5-12-9-25-19(22)18(12)17(13(11)7-15(14)24-2)10-3-4-16(20)21-8-10/h3-8H,9H2,1-2H3. The first kappa shape index (κ1) is 15.7. The van der Waals surface area contributed by atoms with Crippen molar-refractivity contribution < 1.29 is 19.0 Å². The molecular formula is C19H14ClNO4. The van der Waals surface area contributed by atoms with Crippen molar-refractivity contribution in [2.45, 2.75) is 6.61 Å². The van der Waals surface area contributed by atoms with Crippen LogP contribution in [0.2, 0.25) is 5.15 Å². The lowest BCUT2D eigenvalue weighted by Crippen LogP contribution is -2.00. The van der Waals surface area contributed by atoms with E-state index in [0.29, 0.717) is 22.2 Å². The quantitative estimate of drug-likeness (QED) is 0.519. The largest absolute Gasteiger partial charge is 0.493 e. The van der Waals surface area contributed by atoms with Gasteiger partial charge >= 0.3 is 5.97 Å². The summed E-state index contributed by atoms with van der Waals surface area (Å²) in [6, 6.07) is 9.24. The predicted octanol–water partition coefficient (Wildman–Crippen LogP) is 4.24. The van der Waals surface area contributed by atoms with Crippen LogP contribution in [-0.4, -0.2) is 25.2 Å². The van der Waals surface area contributed by atoms with Crippen molar-refractivity contribution in [1.29, 1.82) is 0 Å². The second-order valence-corrected chi connectivity index (χ2v) is 6.05. The van der Waals surface area contributed by atoms with Gasteiger partial charge < -0.3 is 14.2 Å². The Kier molecular flexibility index (Phi) is 3.73. The number of esters is 1. The molecule has 126 valence electrons. The number of hydrogen-bond acceptors (Lipinski definition) is 5. The number of carbonyl (C=O) groups excluding carboxylic acids is 1. The van der Waals surface area contributed by atoms with Gasteiger partial charge in [-0.05, 0) is 41.1 Å². The van der Waals surface area contributed by atoms with E-state index in [1.54, 1.807) is 26.5 Å². The van der Waals surface area contributed by atoms with Crippen LogP contribution < -0.4 is 9.47 Å². The van der Waals surface area contributed by atoms with Crippen LogP contribution in [0.1, 0.15) is 15.9 Å². The molecule has 0 aliphatic carbocycles. The number of aromatic nitrogens is 1. The number of ether oxygens (including phenoxy) is 3. The lowest BCUT2D eigenvalue weighted by Gasteiger charge is -2.14. The minimum atomic E-state index is -0.336. The van der Waals surface area contributed by atoms with Gasteiger partial charge in [-0.25, -0.2) is 9.78 Å². The summed E-state index contributed by atoms with van der Waals surface area (Å²) in [6.07, 6.45) is 1.65. The number of rotatable bonds is 3. The van der Waals surface area contributed by atoms with Crippen LogP contribution in [-0.2, 0) is 11.3 Å². The van der Waals surface area contributed by atoms with Crippen molar-refractivity contribution >= 4 is 28.3 Å². The number of halogens is 1. The number of methoxy groups -OCH3 is 2. The van der Waals surface area contributed by atoms with Crippen molar-refractivity contribution in [1.82, 2.24) is 4.98 Å². The molecule has 0 bridgehead atoms. The number of carbonyl (C=O) groups is 1. The highest BCUT2D eigenvalue weighted by molar-refractivity contribution is 6.29. The van der Waals surface area contributed by atoms with E-state index in [4.69, 9.17) is 25.8 Å². The molecule has 0 saturated carbocycles. The van der Waals surface area contributed by atoms with Gasteiger partial charge in [-0.15, -0.1) is 0 Å². The van der Waals surface area contributed by atoms with E-state index in [1.165, 1.54) is 0 Å². The molecule has 5 nitrogen and oxygen atoms in total. The molecule has 2 aromatic carbocycles. The van der Waals surface area contributed by atoms with E-state index in [0.717, 1.165) is 27.5 Å². The van der Waals surface area contributed by atoms with Gasteiger partial charge in [-0.3, -0.25) is 0 Å². The summed E-state index contributed by atoms with van der Waals surface area (Å²) in [6.45, 7) is 0.256. The molecule has 0 saturated heterocycles. The molecule has 6 heteroatoms. The predicted molar refractivity (Wildman–Crippen MR) is 94.4 cm³/mol. The maximum absolute atomic E-state index is 12.3. The van der Waals surface area contributed by atoms with E-state index in [9.17, 15) is 4.79 Å². The van der Waals surface area contributed by atoms with Crippen molar-refractivity contribution in [3.63, 3.8) is 0 Å². The van der Waals surface area contributed by atoms with Crippen LogP contribution in [0.3, 0.4) is 0 Å². The molecule has 0 N–H and O–H groups in total. The third-order valence-electron chi connectivity index (χ3n) is 4.30. The molecule has 1 aliphatic heterocycles. The number of benzene rings is 2. The molecule has 0 atom stereocenters. The number of hydrogen-bond donors (Lipinski definition) is 0. The molecule has 0 amide bonds. The first-order valence-corrected chi connectivity index (χ1v) is 8.01. The SMILES string of the molecule is COc1cc2cc3c(c(-c4ccc(Cl)nc4)c2cc1OC)C(=O)OC3. The van der Waals surface area contributed by atoms with Crippen molar-refractivity contribution in [3.8, 4) is 22.6 Å². The Bertz CT molecular complexity index is 999. The Balaban J connectivity index is 2.11. The lowest BCUT2D eigenvalue weighted by molar-refractivity contribution is 0.0535. The van der Waals surface area contributed by atoms with E-state index >= 15 is 0 Å². The number of cyclic esters (lactones) is 1. The molecule has 3 aromatic rings. The van der Waals surface area contributed by atoms with Gasteiger partial charge in [0, 0.05) is 22.9 Å². The van der Waals surface area contributed by atoms with E-state index < -0.39 is 0 Å². The molecule has 0 fully saturated rings. The van der Waals surface area contributed by atoms with Gasteiger partial charge in [-0.1, -0.05) is 11.6 Å². The Morgan fingerprint density at radius 2 is 1.84 bits per heavy atom. The summed E-state index contributed by atoms with van der Waals surface area (Å²) in [7, 11) is 3.17. The van der Waals surface area contributed by atoms with Crippen LogP contribution >= 0.6 is 11.6 Å². The summed E-state index contributed by atoms with van der Waals surface area (Å²) < 4.78 is 16.1. The smallest absolute Gasteiger partial charge is 0.339 e. The highest BCUT2D eigenvalue weighted by Gasteiger charge is 2.28. The van der Waals surface area contributed by atoms with E-state index in [2.05, 4.69) is 4.98 Å². The summed E-state index contributed by atoms with van der Waals surface area (Å²) in [5.41, 5.74) is 2.95. The van der Waals surface area contributed by atoms with Gasteiger partial charge in [-0.2, -0.15) is 0 Å². The van der Waals surface area contributed by atoms with Crippen LogP contribution in [0.5, 0.6) is 11.5 Å². The molecular weight excluding hydrogens is 342 g/mol. The Morgan fingerprint density at radius 1 is 1.08 bits per heavy atom. The number of fused-ring (bicyclic) bond motifs is 2. The van der Waals surface area contributed by atoms with Gasteiger partial charge in [0.15, 0.2) is 11.5 Å². The summed E-state index contributed by atoms with van der Waals surface area (Å²) in [5.74, 6) is 0.876. The lowest BCUT2D eigenvalue weighted by atomic mass is 9.91. The fourth-order valence-electron chi connectivity index (χ4n) is 3.17. The highest BCUT2D eigenvalue weighted by atomic mass is 35.5. The van der Waals surface area contributed by atoms with E-state index in [1.807, 2.05) is 24.3 Å². The van der Waals surface area contributed by atoms with Crippen LogP contribution in [0.4, 0.5) is 0 Å². The fraction of sp³-hybridized carbons (Fsp3) is 0.158. The summed E-state index contributed by atoms with van der Waals surface area (Å²) in [4.78, 5) is 16.5. The topological polar surface area (TPSA) is 57.7 Å². The zero-order valence-corrected chi connectivity index (χ0v) is 14.4. The molecule has 0 radical (unpaired) electrons.